The molecule has 0 unspecified atom stereocenters. The lowest BCUT2D eigenvalue weighted by Crippen LogP contribution is -1.79. The summed E-state index contributed by atoms with van der Waals surface area (Å²) in [7, 11) is 0. The average molecular weight is 205 g/mol. The molecule has 0 radical (unpaired) electrons. The summed E-state index contributed by atoms with van der Waals surface area (Å²) in [5, 5.41) is 4.41. The van der Waals surface area contributed by atoms with Crippen LogP contribution in [-0.2, 0) is 0 Å². The number of nitrogens with zero attached hydrogens (tertiary/aromatic N) is 5. The standard InChI is InChI=1S/C8H7N5S/c1-4-5(2)14-8-6(4)7(12-13-9)10-3-11-8/h3H,1-2H3. The topological polar surface area (TPSA) is 74.5 Å². The summed E-state index contributed by atoms with van der Waals surface area (Å²) in [6, 6.07) is 0. The Morgan fingerprint density at radius 1 is 1.43 bits per heavy atom. The van der Waals surface area contributed by atoms with Gasteiger partial charge in [0, 0.05) is 15.2 Å². The molecule has 0 aliphatic rings. The van der Waals surface area contributed by atoms with Gasteiger partial charge in [-0.2, -0.15) is 0 Å². The Balaban J connectivity index is 2.90. The highest BCUT2D eigenvalue weighted by Crippen LogP contribution is 2.33. The van der Waals surface area contributed by atoms with E-state index in [1.165, 1.54) is 11.2 Å². The maximum absolute atomic E-state index is 8.38. The van der Waals surface area contributed by atoms with Crippen LogP contribution in [0.4, 0.5) is 5.82 Å². The number of hydrogen-bond acceptors (Lipinski definition) is 4. The maximum atomic E-state index is 8.38. The lowest BCUT2D eigenvalue weighted by Gasteiger charge is -1.94. The number of fused-ring (bicyclic) bond motifs is 1. The molecule has 2 heterocycles. The third-order valence-corrected chi connectivity index (χ3v) is 3.20. The summed E-state index contributed by atoms with van der Waals surface area (Å²) < 4.78 is 0. The lowest BCUT2D eigenvalue weighted by atomic mass is 10.2. The van der Waals surface area contributed by atoms with Crippen molar-refractivity contribution in [3.63, 3.8) is 0 Å². The highest BCUT2D eigenvalue weighted by Gasteiger charge is 2.09. The normalized spacial score (nSPS) is 10.1. The monoisotopic (exact) mass is 205 g/mol. The quantitative estimate of drug-likeness (QED) is 0.407. The Labute approximate surface area is 84.1 Å². The van der Waals surface area contributed by atoms with Gasteiger partial charge in [0.25, 0.3) is 0 Å². The van der Waals surface area contributed by atoms with E-state index in [4.69, 9.17) is 5.53 Å². The molecule has 14 heavy (non-hydrogen) atoms. The van der Waals surface area contributed by atoms with Gasteiger partial charge in [-0.15, -0.1) is 11.3 Å². The largest absolute Gasteiger partial charge is 0.234 e. The van der Waals surface area contributed by atoms with Gasteiger partial charge in [-0.1, -0.05) is 0 Å². The summed E-state index contributed by atoms with van der Waals surface area (Å²) in [5.41, 5.74) is 9.47. The second kappa shape index (κ2) is 3.25. The first-order chi connectivity index (χ1) is 6.74. The van der Waals surface area contributed by atoms with Crippen LogP contribution in [0.15, 0.2) is 11.4 Å². The Kier molecular flexibility index (Phi) is 2.07. The molecule has 0 amide bonds. The zero-order chi connectivity index (χ0) is 10.1. The van der Waals surface area contributed by atoms with Crippen molar-refractivity contribution < 1.29 is 0 Å². The van der Waals surface area contributed by atoms with Gasteiger partial charge in [-0.05, 0) is 30.1 Å². The molecular formula is C8H7N5S. The van der Waals surface area contributed by atoms with Crippen molar-refractivity contribution in [2.24, 2.45) is 5.11 Å². The van der Waals surface area contributed by atoms with Gasteiger partial charge < -0.3 is 0 Å². The Hall–Kier alpha value is -1.65. The van der Waals surface area contributed by atoms with E-state index in [0.29, 0.717) is 5.82 Å². The molecule has 0 spiro atoms. The fourth-order valence-electron chi connectivity index (χ4n) is 1.28. The molecule has 0 aliphatic carbocycles. The van der Waals surface area contributed by atoms with E-state index < -0.39 is 0 Å². The smallest absolute Gasteiger partial charge is 0.139 e. The van der Waals surface area contributed by atoms with Crippen LogP contribution in [0, 0.1) is 13.8 Å². The Morgan fingerprint density at radius 2 is 2.21 bits per heavy atom. The molecule has 0 fully saturated rings. The van der Waals surface area contributed by atoms with Gasteiger partial charge in [0.15, 0.2) is 0 Å². The highest BCUT2D eigenvalue weighted by atomic mass is 32.1. The number of aromatic nitrogens is 2. The zero-order valence-corrected chi connectivity index (χ0v) is 8.54. The molecule has 5 nitrogen and oxygen atoms in total. The molecule has 70 valence electrons. The predicted molar refractivity (Wildman–Crippen MR) is 55.7 cm³/mol. The van der Waals surface area contributed by atoms with Crippen LogP contribution in [-0.4, -0.2) is 9.97 Å². The lowest BCUT2D eigenvalue weighted by molar-refractivity contribution is 1.20. The second-order valence-corrected chi connectivity index (χ2v) is 4.05. The number of azide groups is 1. The summed E-state index contributed by atoms with van der Waals surface area (Å²) in [5.74, 6) is 0.416. The number of rotatable bonds is 1. The SMILES string of the molecule is Cc1sc2ncnc(N=[N+]=[N-])c2c1C. The zero-order valence-electron chi connectivity index (χ0n) is 7.72. The molecule has 0 atom stereocenters. The number of thiophene rings is 1. The van der Waals surface area contributed by atoms with Crippen molar-refractivity contribution in [3.8, 4) is 0 Å². The predicted octanol–water partition coefficient (Wildman–Crippen LogP) is 3.25. The molecule has 0 saturated heterocycles. The van der Waals surface area contributed by atoms with Gasteiger partial charge in [-0.25, -0.2) is 9.97 Å². The molecule has 2 aromatic rings. The first kappa shape index (κ1) is 8.93. The third kappa shape index (κ3) is 1.21. The molecule has 6 heteroatoms. The molecule has 0 aromatic carbocycles. The summed E-state index contributed by atoms with van der Waals surface area (Å²) in [4.78, 5) is 12.9. The molecule has 2 aromatic heterocycles. The third-order valence-electron chi connectivity index (χ3n) is 2.08. The number of hydrogen-bond donors (Lipinski definition) is 0. The van der Waals surface area contributed by atoms with Crippen molar-refractivity contribution in [3.05, 3.63) is 27.2 Å². The summed E-state index contributed by atoms with van der Waals surface area (Å²) in [6.07, 6.45) is 1.42. The van der Waals surface area contributed by atoms with Crippen molar-refractivity contribution in [1.29, 1.82) is 0 Å². The minimum atomic E-state index is 0.416. The van der Waals surface area contributed by atoms with Gasteiger partial charge >= 0.3 is 0 Å². The minimum absolute atomic E-state index is 0.416. The van der Waals surface area contributed by atoms with Crippen molar-refractivity contribution >= 4 is 27.4 Å². The van der Waals surface area contributed by atoms with E-state index in [0.717, 1.165) is 15.8 Å². The summed E-state index contributed by atoms with van der Waals surface area (Å²) in [6.45, 7) is 4.00. The van der Waals surface area contributed by atoms with Crippen LogP contribution in [0.2, 0.25) is 0 Å². The molecular weight excluding hydrogens is 198 g/mol. The van der Waals surface area contributed by atoms with Gasteiger partial charge in [-0.3, -0.25) is 0 Å². The first-order valence-electron chi connectivity index (χ1n) is 4.00. The van der Waals surface area contributed by atoms with E-state index in [1.54, 1.807) is 11.3 Å². The molecule has 0 saturated carbocycles. The van der Waals surface area contributed by atoms with Gasteiger partial charge in [0.1, 0.15) is 17.0 Å². The Morgan fingerprint density at radius 3 is 2.93 bits per heavy atom. The average Bonchev–Trinajstić information content (AvgIpc) is 2.45. The van der Waals surface area contributed by atoms with Gasteiger partial charge in [0.2, 0.25) is 0 Å². The first-order valence-corrected chi connectivity index (χ1v) is 4.81. The van der Waals surface area contributed by atoms with Crippen molar-refractivity contribution in [1.82, 2.24) is 9.97 Å². The van der Waals surface area contributed by atoms with Crippen LogP contribution in [0.25, 0.3) is 20.7 Å². The molecule has 0 bridgehead atoms. The molecule has 2 rings (SSSR count). The fourth-order valence-corrected chi connectivity index (χ4v) is 2.27. The minimum Gasteiger partial charge on any atom is -0.234 e. The van der Waals surface area contributed by atoms with E-state index in [1.807, 2.05) is 13.8 Å². The second-order valence-electron chi connectivity index (χ2n) is 2.85. The van der Waals surface area contributed by atoms with Crippen molar-refractivity contribution in [2.75, 3.05) is 0 Å². The van der Waals surface area contributed by atoms with Crippen LogP contribution >= 0.6 is 11.3 Å². The van der Waals surface area contributed by atoms with Crippen LogP contribution in [0.1, 0.15) is 10.4 Å². The van der Waals surface area contributed by atoms with E-state index in [-0.39, 0.29) is 0 Å². The summed E-state index contributed by atoms with van der Waals surface area (Å²) >= 11 is 1.58. The van der Waals surface area contributed by atoms with E-state index >= 15 is 0 Å². The molecule has 0 N–H and O–H groups in total. The molecule has 0 aliphatic heterocycles. The number of aryl methyl sites for hydroxylation is 2. The van der Waals surface area contributed by atoms with Crippen LogP contribution < -0.4 is 0 Å². The van der Waals surface area contributed by atoms with Crippen LogP contribution in [0.5, 0.6) is 0 Å². The van der Waals surface area contributed by atoms with Crippen molar-refractivity contribution in [2.45, 2.75) is 13.8 Å². The van der Waals surface area contributed by atoms with E-state index in [2.05, 4.69) is 20.0 Å². The Bertz CT molecular complexity index is 538. The van der Waals surface area contributed by atoms with Gasteiger partial charge in [0.05, 0.1) is 0 Å². The van der Waals surface area contributed by atoms with Crippen LogP contribution in [0.3, 0.4) is 0 Å². The maximum Gasteiger partial charge on any atom is 0.139 e. The van der Waals surface area contributed by atoms with E-state index in [9.17, 15) is 0 Å². The highest BCUT2D eigenvalue weighted by molar-refractivity contribution is 7.18. The fraction of sp³-hybridized carbons (Fsp3) is 0.250.